The van der Waals surface area contributed by atoms with Crippen molar-refractivity contribution in [3.05, 3.63) is 72.8 Å². The molecule has 0 fully saturated rings. The van der Waals surface area contributed by atoms with Crippen LogP contribution in [-0.4, -0.2) is 39.0 Å². The van der Waals surface area contributed by atoms with Crippen LogP contribution in [-0.2, 0) is 17.9 Å². The van der Waals surface area contributed by atoms with E-state index in [1.165, 1.54) is 17.8 Å². The minimum atomic E-state index is -0.441. The molecule has 34 heavy (non-hydrogen) atoms. The highest BCUT2D eigenvalue weighted by Crippen LogP contribution is 2.22. The van der Waals surface area contributed by atoms with Gasteiger partial charge in [0.05, 0.1) is 5.75 Å². The monoisotopic (exact) mass is 483 g/mol. The molecule has 0 aliphatic rings. The van der Waals surface area contributed by atoms with Gasteiger partial charge >= 0.3 is 0 Å². The first kappa shape index (κ1) is 25.3. The van der Waals surface area contributed by atoms with Crippen LogP contribution in [0, 0.1) is 5.82 Å². The van der Waals surface area contributed by atoms with E-state index in [0.29, 0.717) is 23.6 Å². The van der Waals surface area contributed by atoms with E-state index in [-0.39, 0.29) is 24.0 Å². The van der Waals surface area contributed by atoms with Crippen LogP contribution in [0.4, 0.5) is 15.8 Å². The molecule has 0 unspecified atom stereocenters. The fraction of sp³-hybridized carbons (Fsp3) is 0.320. The number of rotatable bonds is 12. The van der Waals surface area contributed by atoms with Crippen molar-refractivity contribution in [1.82, 2.24) is 14.8 Å². The molecule has 7 nitrogen and oxygen atoms in total. The number of aromatic nitrogens is 3. The van der Waals surface area contributed by atoms with Gasteiger partial charge in [-0.05, 0) is 57.2 Å². The average molecular weight is 484 g/mol. The molecule has 1 N–H and O–H groups in total. The van der Waals surface area contributed by atoms with Gasteiger partial charge in [-0.3, -0.25) is 9.36 Å². The summed E-state index contributed by atoms with van der Waals surface area (Å²) in [6.45, 7) is 11.6. The molecule has 0 spiro atoms. The Morgan fingerprint density at radius 3 is 2.62 bits per heavy atom. The van der Waals surface area contributed by atoms with Gasteiger partial charge in [-0.15, -0.1) is 16.8 Å². The van der Waals surface area contributed by atoms with E-state index in [2.05, 4.69) is 47.8 Å². The second-order valence-electron chi connectivity index (χ2n) is 7.78. The van der Waals surface area contributed by atoms with Crippen LogP contribution < -0.4 is 15.0 Å². The fourth-order valence-electron chi connectivity index (χ4n) is 3.46. The molecule has 1 aromatic heterocycles. The summed E-state index contributed by atoms with van der Waals surface area (Å²) >= 11 is 1.27. The Labute approximate surface area is 204 Å². The molecule has 0 bridgehead atoms. The van der Waals surface area contributed by atoms with Gasteiger partial charge in [-0.25, -0.2) is 4.39 Å². The summed E-state index contributed by atoms with van der Waals surface area (Å²) in [5.74, 6) is 0.241. The Bertz CT molecular complexity index is 1100. The van der Waals surface area contributed by atoms with Crippen molar-refractivity contribution in [1.29, 1.82) is 0 Å². The van der Waals surface area contributed by atoms with Gasteiger partial charge in [-0.2, -0.15) is 0 Å². The summed E-state index contributed by atoms with van der Waals surface area (Å²) in [7, 11) is 0. The number of anilines is 2. The topological polar surface area (TPSA) is 72.3 Å². The fourth-order valence-corrected chi connectivity index (χ4v) is 4.23. The maximum absolute atomic E-state index is 13.8. The summed E-state index contributed by atoms with van der Waals surface area (Å²) < 4.78 is 21.2. The van der Waals surface area contributed by atoms with Gasteiger partial charge in [0.25, 0.3) is 0 Å². The highest BCUT2D eigenvalue weighted by atomic mass is 32.2. The van der Waals surface area contributed by atoms with Crippen molar-refractivity contribution in [2.24, 2.45) is 0 Å². The van der Waals surface area contributed by atoms with Crippen molar-refractivity contribution in [3.63, 3.8) is 0 Å². The SMILES string of the molecule is C=CCn1c(COc2ccccc2F)nnc1SCC(=O)Nc1ccc(N(CC)C(C)C)cc1. The van der Waals surface area contributed by atoms with Gasteiger partial charge in [0.2, 0.25) is 5.91 Å². The zero-order chi connectivity index (χ0) is 24.5. The highest BCUT2D eigenvalue weighted by Gasteiger charge is 2.15. The quantitative estimate of drug-likeness (QED) is 0.284. The van der Waals surface area contributed by atoms with Crippen LogP contribution in [0.3, 0.4) is 0 Å². The molecule has 0 saturated carbocycles. The van der Waals surface area contributed by atoms with Gasteiger partial charge in [0.15, 0.2) is 22.5 Å². The molecule has 0 radical (unpaired) electrons. The zero-order valence-electron chi connectivity index (χ0n) is 19.7. The van der Waals surface area contributed by atoms with E-state index in [4.69, 9.17) is 4.74 Å². The van der Waals surface area contributed by atoms with Crippen molar-refractivity contribution >= 4 is 29.0 Å². The van der Waals surface area contributed by atoms with Gasteiger partial charge < -0.3 is 15.0 Å². The van der Waals surface area contributed by atoms with Gasteiger partial charge in [-0.1, -0.05) is 30.0 Å². The molecular weight excluding hydrogens is 453 g/mol. The molecule has 1 heterocycles. The number of nitrogens with zero attached hydrogens (tertiary/aromatic N) is 4. The van der Waals surface area contributed by atoms with E-state index < -0.39 is 5.82 Å². The van der Waals surface area contributed by atoms with E-state index in [0.717, 1.165) is 17.9 Å². The lowest BCUT2D eigenvalue weighted by Crippen LogP contribution is -2.30. The first-order valence-corrected chi connectivity index (χ1v) is 12.1. The summed E-state index contributed by atoms with van der Waals surface area (Å²) in [6, 6.07) is 14.4. The lowest BCUT2D eigenvalue weighted by Gasteiger charge is -2.27. The van der Waals surface area contributed by atoms with Crippen LogP contribution in [0.1, 0.15) is 26.6 Å². The third-order valence-corrected chi connectivity index (χ3v) is 6.04. The number of carbonyl (C=O) groups excluding carboxylic acids is 1. The average Bonchev–Trinajstić information content (AvgIpc) is 3.20. The maximum atomic E-state index is 13.8. The largest absolute Gasteiger partial charge is 0.483 e. The Morgan fingerprint density at radius 2 is 1.97 bits per heavy atom. The number of amides is 1. The Morgan fingerprint density at radius 1 is 1.24 bits per heavy atom. The number of halogens is 1. The molecular formula is C25H30FN5O2S. The van der Waals surface area contributed by atoms with Crippen LogP contribution in [0.2, 0.25) is 0 Å². The van der Waals surface area contributed by atoms with Crippen molar-refractivity contribution in [3.8, 4) is 5.75 Å². The Hall–Kier alpha value is -3.33. The van der Waals surface area contributed by atoms with E-state index >= 15 is 0 Å². The molecule has 0 aliphatic heterocycles. The predicted molar refractivity (Wildman–Crippen MR) is 135 cm³/mol. The van der Waals surface area contributed by atoms with Crippen LogP contribution in [0.5, 0.6) is 5.75 Å². The molecule has 3 rings (SSSR count). The Balaban J connectivity index is 1.58. The number of benzene rings is 2. The van der Waals surface area contributed by atoms with Crippen LogP contribution in [0.15, 0.2) is 66.3 Å². The minimum absolute atomic E-state index is 0.0477. The predicted octanol–water partition coefficient (Wildman–Crippen LogP) is 5.15. The molecule has 0 atom stereocenters. The molecule has 9 heteroatoms. The first-order valence-electron chi connectivity index (χ1n) is 11.1. The standard InChI is InChI=1S/C25H30FN5O2S/c1-5-15-31-23(16-33-22-10-8-7-9-21(22)26)28-29-25(31)34-17-24(32)27-19-11-13-20(14-12-19)30(6-2)18(3)4/h5,7-14,18H,1,6,15-17H2,2-4H3,(H,27,32). The zero-order valence-corrected chi connectivity index (χ0v) is 20.5. The lowest BCUT2D eigenvalue weighted by molar-refractivity contribution is -0.113. The van der Waals surface area contributed by atoms with Crippen molar-refractivity contribution in [2.45, 2.75) is 45.1 Å². The first-order chi connectivity index (χ1) is 16.4. The van der Waals surface area contributed by atoms with E-state index in [9.17, 15) is 9.18 Å². The number of hydrogen-bond donors (Lipinski definition) is 1. The Kier molecular flexibility index (Phi) is 9.09. The normalized spacial score (nSPS) is 10.9. The minimum Gasteiger partial charge on any atom is -0.483 e. The summed E-state index contributed by atoms with van der Waals surface area (Å²) in [6.07, 6.45) is 1.71. The van der Waals surface area contributed by atoms with Gasteiger partial charge in [0, 0.05) is 30.5 Å². The van der Waals surface area contributed by atoms with Crippen LogP contribution >= 0.6 is 11.8 Å². The molecule has 0 saturated heterocycles. The number of carbonyl (C=O) groups is 1. The number of allylic oxidation sites excluding steroid dienone is 1. The van der Waals surface area contributed by atoms with Crippen molar-refractivity contribution < 1.29 is 13.9 Å². The van der Waals surface area contributed by atoms with Gasteiger partial charge in [0.1, 0.15) is 6.61 Å². The summed E-state index contributed by atoms with van der Waals surface area (Å²) in [5, 5.41) is 11.8. The molecule has 180 valence electrons. The highest BCUT2D eigenvalue weighted by molar-refractivity contribution is 7.99. The summed E-state index contributed by atoms with van der Waals surface area (Å²) in [5.41, 5.74) is 1.85. The second kappa shape index (κ2) is 12.2. The van der Waals surface area contributed by atoms with Crippen molar-refractivity contribution in [2.75, 3.05) is 22.5 Å². The number of ether oxygens (including phenoxy) is 1. The lowest BCUT2D eigenvalue weighted by atomic mass is 10.2. The molecule has 3 aromatic rings. The molecule has 1 amide bonds. The van der Waals surface area contributed by atoms with E-state index in [1.54, 1.807) is 28.8 Å². The number of nitrogens with one attached hydrogen (secondary N) is 1. The number of thioether (sulfide) groups is 1. The summed E-state index contributed by atoms with van der Waals surface area (Å²) in [4.78, 5) is 14.8. The maximum Gasteiger partial charge on any atom is 0.234 e. The molecule has 0 aliphatic carbocycles. The number of hydrogen-bond acceptors (Lipinski definition) is 6. The number of para-hydroxylation sites is 1. The second-order valence-corrected chi connectivity index (χ2v) is 8.72. The van der Waals surface area contributed by atoms with Crippen LogP contribution in [0.25, 0.3) is 0 Å². The third kappa shape index (κ3) is 6.60. The molecule has 2 aromatic carbocycles. The van der Waals surface area contributed by atoms with E-state index in [1.807, 2.05) is 24.3 Å². The smallest absolute Gasteiger partial charge is 0.234 e. The third-order valence-electron chi connectivity index (χ3n) is 5.08.